The van der Waals surface area contributed by atoms with Gasteiger partial charge in [0, 0.05) is 17.8 Å². The molecule has 0 aliphatic heterocycles. The van der Waals surface area contributed by atoms with Crippen molar-refractivity contribution < 1.29 is 9.52 Å². The van der Waals surface area contributed by atoms with Gasteiger partial charge in [0.05, 0.1) is 16.7 Å². The largest absolute Gasteiger partial charge is 0.423 e. The number of rotatable bonds is 4. The van der Waals surface area contributed by atoms with E-state index in [1.807, 2.05) is 43.3 Å². The van der Waals surface area contributed by atoms with Crippen LogP contribution in [0.4, 0.5) is 5.69 Å². The number of aliphatic hydroxyl groups excluding tert-OH is 1. The summed E-state index contributed by atoms with van der Waals surface area (Å²) < 4.78 is 5.00. The molecule has 0 saturated heterocycles. The summed E-state index contributed by atoms with van der Waals surface area (Å²) in [7, 11) is 0. The molecule has 2 aromatic carbocycles. The topological polar surface area (TPSA) is 95.0 Å². The number of hydrogen-bond acceptors (Lipinski definition) is 6. The fourth-order valence-corrected chi connectivity index (χ4v) is 2.31. The predicted molar refractivity (Wildman–Crippen MR) is 101 cm³/mol. The molecule has 6 nitrogen and oxygen atoms in total. The highest BCUT2D eigenvalue weighted by molar-refractivity contribution is 6.32. The van der Waals surface area contributed by atoms with E-state index in [1.165, 1.54) is 6.39 Å². The summed E-state index contributed by atoms with van der Waals surface area (Å²) in [6, 6.07) is 15.1. The summed E-state index contributed by atoms with van der Waals surface area (Å²) in [4.78, 5) is 0. The third-order valence-corrected chi connectivity index (χ3v) is 3.96. The van der Waals surface area contributed by atoms with Gasteiger partial charge in [-0.3, -0.25) is 0 Å². The Bertz CT molecular complexity index is 859. The van der Waals surface area contributed by atoms with E-state index in [9.17, 15) is 0 Å². The van der Waals surface area contributed by atoms with Gasteiger partial charge in [-0.25, -0.2) is 0 Å². The molecule has 1 heterocycles. The molecule has 3 aromatic rings. The zero-order chi connectivity index (χ0) is 18.9. The monoisotopic (exact) mass is 370 g/mol. The summed E-state index contributed by atoms with van der Waals surface area (Å²) >= 11 is 5.99. The van der Waals surface area contributed by atoms with E-state index < -0.39 is 6.10 Å². The molecule has 0 amide bonds. The molecule has 134 valence electrons. The average molecular weight is 371 g/mol. The Morgan fingerprint density at radius 1 is 1.27 bits per heavy atom. The number of nitrogens with zero attached hydrogens (tertiary/aromatic N) is 3. The first-order valence-electron chi connectivity index (χ1n) is 7.95. The summed E-state index contributed by atoms with van der Waals surface area (Å²) in [6.45, 7) is 4.00. The van der Waals surface area contributed by atoms with Crippen molar-refractivity contribution in [2.24, 2.45) is 0 Å². The Hall–Kier alpha value is -2.88. The van der Waals surface area contributed by atoms with Gasteiger partial charge in [0.2, 0.25) is 12.3 Å². The van der Waals surface area contributed by atoms with Gasteiger partial charge in [-0.1, -0.05) is 29.8 Å². The van der Waals surface area contributed by atoms with Crippen LogP contribution in [0.3, 0.4) is 0 Å². The number of halogens is 1. The molecule has 0 saturated carbocycles. The fourth-order valence-electron chi connectivity index (χ4n) is 2.10. The molecule has 7 heteroatoms. The van der Waals surface area contributed by atoms with E-state index in [4.69, 9.17) is 26.4 Å². The maximum Gasteiger partial charge on any atom is 0.247 e. The number of aromatic nitrogens is 2. The third-order valence-electron chi connectivity index (χ3n) is 3.48. The molecule has 0 aliphatic rings. The lowest BCUT2D eigenvalue weighted by molar-refractivity contribution is 0.208. The highest BCUT2D eigenvalue weighted by Gasteiger charge is 2.07. The van der Waals surface area contributed by atoms with Gasteiger partial charge in [0.15, 0.2) is 0 Å². The number of nitriles is 1. The van der Waals surface area contributed by atoms with E-state index in [0.717, 1.165) is 16.8 Å². The number of aliphatic hydroxyl groups is 1. The Labute approximate surface area is 157 Å². The van der Waals surface area contributed by atoms with Crippen LogP contribution in [0.2, 0.25) is 5.02 Å². The van der Waals surface area contributed by atoms with Gasteiger partial charge in [-0.2, -0.15) is 5.26 Å². The van der Waals surface area contributed by atoms with Crippen molar-refractivity contribution in [2.75, 3.05) is 11.9 Å². The molecule has 0 radical (unpaired) electrons. The van der Waals surface area contributed by atoms with Gasteiger partial charge < -0.3 is 14.8 Å². The van der Waals surface area contributed by atoms with Gasteiger partial charge in [-0.15, -0.1) is 10.2 Å². The van der Waals surface area contributed by atoms with Crippen LogP contribution < -0.4 is 5.32 Å². The Morgan fingerprint density at radius 3 is 2.58 bits per heavy atom. The Kier molecular flexibility index (Phi) is 7.15. The second-order valence-corrected chi connectivity index (χ2v) is 5.93. The zero-order valence-corrected chi connectivity index (χ0v) is 15.2. The van der Waals surface area contributed by atoms with Gasteiger partial charge in [0.1, 0.15) is 6.07 Å². The minimum atomic E-state index is -0.418. The van der Waals surface area contributed by atoms with Crippen LogP contribution in [0, 0.1) is 18.3 Å². The van der Waals surface area contributed by atoms with Crippen LogP contribution in [0.15, 0.2) is 53.3 Å². The van der Waals surface area contributed by atoms with Crippen molar-refractivity contribution in [3.8, 4) is 17.5 Å². The third kappa shape index (κ3) is 5.31. The van der Waals surface area contributed by atoms with Crippen LogP contribution in [0.1, 0.15) is 18.1 Å². The zero-order valence-electron chi connectivity index (χ0n) is 14.5. The van der Waals surface area contributed by atoms with Crippen molar-refractivity contribution in [1.82, 2.24) is 10.2 Å². The summed E-state index contributed by atoms with van der Waals surface area (Å²) in [5.41, 5.74) is 3.10. The molecule has 2 N–H and O–H groups in total. The molecular formula is C19H19ClN4O2. The minimum Gasteiger partial charge on any atom is -0.423 e. The van der Waals surface area contributed by atoms with E-state index in [0.29, 0.717) is 23.0 Å². The summed E-state index contributed by atoms with van der Waals surface area (Å²) in [5, 5.41) is 28.8. The molecule has 3 rings (SSSR count). The van der Waals surface area contributed by atoms with Crippen LogP contribution in [0.25, 0.3) is 11.5 Å². The van der Waals surface area contributed by atoms with Crippen molar-refractivity contribution in [3.63, 3.8) is 0 Å². The van der Waals surface area contributed by atoms with Crippen molar-refractivity contribution in [2.45, 2.75) is 20.0 Å². The van der Waals surface area contributed by atoms with Gasteiger partial charge >= 0.3 is 0 Å². The minimum absolute atomic E-state index is 0.418. The van der Waals surface area contributed by atoms with Crippen LogP contribution in [-0.4, -0.2) is 28.0 Å². The standard InChI is InChI=1S/C11H13ClN2O.C8H6N2O/c1-7(15)6-14-10-4-3-9(5-13)11(12)8(10)2;1-2-4-7(5-3-1)8-10-9-6-11-8/h3-4,7,14-15H,6H2,1-2H3;1-6H. The lowest BCUT2D eigenvalue weighted by Gasteiger charge is -2.12. The van der Waals surface area contributed by atoms with Crippen LogP contribution in [-0.2, 0) is 0 Å². The lowest BCUT2D eigenvalue weighted by atomic mass is 10.1. The quantitative estimate of drug-likeness (QED) is 0.719. The normalized spacial score (nSPS) is 11.0. The van der Waals surface area contributed by atoms with Gasteiger partial charge in [0.25, 0.3) is 0 Å². The SMILES string of the molecule is Cc1c(NCC(C)O)ccc(C#N)c1Cl.c1ccc(-c2nnco2)cc1. The number of hydrogen-bond donors (Lipinski definition) is 2. The number of nitrogens with one attached hydrogen (secondary N) is 1. The van der Waals surface area contributed by atoms with E-state index in [-0.39, 0.29) is 0 Å². The predicted octanol–water partition coefficient (Wildman–Crippen LogP) is 4.05. The molecule has 0 spiro atoms. The first-order chi connectivity index (χ1) is 12.5. The molecular weight excluding hydrogens is 352 g/mol. The molecule has 1 atom stereocenters. The molecule has 1 aromatic heterocycles. The van der Waals surface area contributed by atoms with Crippen molar-refractivity contribution >= 4 is 17.3 Å². The highest BCUT2D eigenvalue weighted by Crippen LogP contribution is 2.26. The summed E-state index contributed by atoms with van der Waals surface area (Å²) in [5.74, 6) is 0.561. The van der Waals surface area contributed by atoms with Crippen LogP contribution >= 0.6 is 11.6 Å². The second-order valence-electron chi connectivity index (χ2n) is 5.55. The van der Waals surface area contributed by atoms with Crippen molar-refractivity contribution in [3.05, 3.63) is 65.0 Å². The molecule has 0 aliphatic carbocycles. The highest BCUT2D eigenvalue weighted by atomic mass is 35.5. The molecule has 0 fully saturated rings. The lowest BCUT2D eigenvalue weighted by Crippen LogP contribution is -2.15. The smallest absolute Gasteiger partial charge is 0.247 e. The first kappa shape index (κ1) is 19.4. The molecule has 26 heavy (non-hydrogen) atoms. The second kappa shape index (κ2) is 9.56. The van der Waals surface area contributed by atoms with E-state index >= 15 is 0 Å². The van der Waals surface area contributed by atoms with E-state index in [1.54, 1.807) is 19.1 Å². The maximum absolute atomic E-state index is 9.13. The number of benzene rings is 2. The molecule has 1 unspecified atom stereocenters. The Morgan fingerprint density at radius 2 is 2.00 bits per heavy atom. The van der Waals surface area contributed by atoms with Crippen LogP contribution in [0.5, 0.6) is 0 Å². The number of anilines is 1. The average Bonchev–Trinajstić information content (AvgIpc) is 3.19. The molecule has 0 bridgehead atoms. The first-order valence-corrected chi connectivity index (χ1v) is 8.33. The van der Waals surface area contributed by atoms with Crippen molar-refractivity contribution in [1.29, 1.82) is 5.26 Å². The maximum atomic E-state index is 9.13. The fraction of sp³-hybridized carbons (Fsp3) is 0.211. The van der Waals surface area contributed by atoms with E-state index in [2.05, 4.69) is 15.5 Å². The Balaban J connectivity index is 0.000000195. The van der Waals surface area contributed by atoms with Gasteiger partial charge in [-0.05, 0) is 43.7 Å². The summed E-state index contributed by atoms with van der Waals surface area (Å²) in [6.07, 6.45) is 0.904.